The van der Waals surface area contributed by atoms with Gasteiger partial charge in [0.2, 0.25) is 0 Å². The second-order valence-corrected chi connectivity index (χ2v) is 3.60. The van der Waals surface area contributed by atoms with Crippen LogP contribution in [0.4, 0.5) is 8.78 Å². The first kappa shape index (κ1) is 11.9. The van der Waals surface area contributed by atoms with Crippen LogP contribution >= 0.6 is 11.6 Å². The number of ether oxygens (including phenoxy) is 1. The van der Waals surface area contributed by atoms with Crippen molar-refractivity contribution < 1.29 is 18.3 Å². The van der Waals surface area contributed by atoms with Gasteiger partial charge in [0.15, 0.2) is 17.3 Å². The van der Waals surface area contributed by atoms with Gasteiger partial charge in [-0.3, -0.25) is 4.79 Å². The quantitative estimate of drug-likeness (QED) is 0.594. The molecular weight excluding hydrogens is 226 g/mol. The minimum atomic E-state index is -0.918. The predicted molar refractivity (Wildman–Crippen MR) is 52.6 cm³/mol. The average molecular weight is 235 g/mol. The highest BCUT2D eigenvalue weighted by atomic mass is 35.5. The van der Waals surface area contributed by atoms with Crippen LogP contribution in [0.2, 0.25) is 0 Å². The van der Waals surface area contributed by atoms with E-state index in [9.17, 15) is 13.6 Å². The molecule has 0 aromatic heterocycles. The van der Waals surface area contributed by atoms with E-state index in [1.807, 2.05) is 0 Å². The second kappa shape index (κ2) is 4.57. The van der Waals surface area contributed by atoms with Gasteiger partial charge in [-0.15, -0.1) is 11.6 Å². The van der Waals surface area contributed by atoms with Gasteiger partial charge in [-0.1, -0.05) is 0 Å². The van der Waals surface area contributed by atoms with Crippen molar-refractivity contribution in [3.63, 3.8) is 0 Å². The lowest BCUT2D eigenvalue weighted by molar-refractivity contribution is 0.0987. The van der Waals surface area contributed by atoms with E-state index < -0.39 is 22.8 Å². The summed E-state index contributed by atoms with van der Waals surface area (Å²) >= 11 is 5.55. The minimum Gasteiger partial charge on any atom is -0.493 e. The lowest BCUT2D eigenvalue weighted by Gasteiger charge is -2.09. The predicted octanol–water partition coefficient (Wildman–Crippen LogP) is 2.78. The molecular formula is C10H9ClF2O2. The highest BCUT2D eigenvalue weighted by Crippen LogP contribution is 2.26. The summed E-state index contributed by atoms with van der Waals surface area (Å²) in [7, 11) is 1.20. The van der Waals surface area contributed by atoms with E-state index in [1.165, 1.54) is 14.0 Å². The van der Waals surface area contributed by atoms with Crippen LogP contribution in [-0.4, -0.2) is 18.3 Å². The molecule has 1 unspecified atom stereocenters. The Hall–Kier alpha value is -1.16. The van der Waals surface area contributed by atoms with Gasteiger partial charge in [0.05, 0.1) is 18.1 Å². The van der Waals surface area contributed by atoms with Crippen LogP contribution in [0, 0.1) is 11.6 Å². The molecule has 0 bridgehead atoms. The maximum Gasteiger partial charge on any atom is 0.184 e. The van der Waals surface area contributed by atoms with Gasteiger partial charge in [0, 0.05) is 6.07 Å². The normalized spacial score (nSPS) is 12.3. The van der Waals surface area contributed by atoms with Crippen LogP contribution < -0.4 is 4.74 Å². The number of ketones is 1. The van der Waals surface area contributed by atoms with Gasteiger partial charge in [0.1, 0.15) is 5.82 Å². The standard InChI is InChI=1S/C10H9ClF2O2/c1-5(11)9(14)7-3-6(12)4-8(13)10(7)15-2/h3-5H,1-2H3. The van der Waals surface area contributed by atoms with Crippen LogP contribution in [0.5, 0.6) is 5.75 Å². The van der Waals surface area contributed by atoms with Crippen LogP contribution in [0.1, 0.15) is 17.3 Å². The third kappa shape index (κ3) is 2.45. The number of halogens is 3. The lowest BCUT2D eigenvalue weighted by Crippen LogP contribution is -2.13. The van der Waals surface area contributed by atoms with Crippen molar-refractivity contribution in [2.75, 3.05) is 7.11 Å². The molecule has 0 fully saturated rings. The molecule has 1 atom stereocenters. The first-order chi connectivity index (χ1) is 6.97. The fraction of sp³-hybridized carbons (Fsp3) is 0.300. The van der Waals surface area contributed by atoms with Crippen molar-refractivity contribution in [3.8, 4) is 5.75 Å². The van der Waals surface area contributed by atoms with Crippen molar-refractivity contribution in [2.24, 2.45) is 0 Å². The SMILES string of the molecule is COc1c(F)cc(F)cc1C(=O)C(C)Cl. The number of Topliss-reactive ketones (excluding diaryl/α,β-unsaturated/α-hetero) is 1. The first-order valence-electron chi connectivity index (χ1n) is 4.18. The van der Waals surface area contributed by atoms with Crippen LogP contribution in [0.25, 0.3) is 0 Å². The van der Waals surface area contributed by atoms with Gasteiger partial charge in [-0.2, -0.15) is 0 Å². The molecule has 0 aliphatic rings. The monoisotopic (exact) mass is 234 g/mol. The fourth-order valence-corrected chi connectivity index (χ4v) is 1.28. The number of carbonyl (C=O) groups excluding carboxylic acids is 1. The molecule has 0 saturated carbocycles. The molecule has 2 nitrogen and oxygen atoms in total. The Balaban J connectivity index is 3.32. The van der Waals surface area contributed by atoms with Crippen molar-refractivity contribution in [1.82, 2.24) is 0 Å². The number of carbonyl (C=O) groups is 1. The van der Waals surface area contributed by atoms with Crippen LogP contribution in [0.15, 0.2) is 12.1 Å². The third-order valence-corrected chi connectivity index (χ3v) is 2.04. The largest absolute Gasteiger partial charge is 0.493 e. The van der Waals surface area contributed by atoms with E-state index >= 15 is 0 Å². The van der Waals surface area contributed by atoms with E-state index in [-0.39, 0.29) is 11.3 Å². The van der Waals surface area contributed by atoms with E-state index in [4.69, 9.17) is 11.6 Å². The Kier molecular flexibility index (Phi) is 3.63. The van der Waals surface area contributed by atoms with E-state index in [1.54, 1.807) is 0 Å². The minimum absolute atomic E-state index is 0.183. The van der Waals surface area contributed by atoms with Crippen LogP contribution in [-0.2, 0) is 0 Å². The first-order valence-corrected chi connectivity index (χ1v) is 4.62. The summed E-state index contributed by atoms with van der Waals surface area (Å²) in [5.41, 5.74) is -0.183. The third-order valence-electron chi connectivity index (χ3n) is 1.84. The summed E-state index contributed by atoms with van der Waals surface area (Å²) in [6.45, 7) is 1.42. The van der Waals surface area contributed by atoms with Gasteiger partial charge < -0.3 is 4.74 Å². The molecule has 0 aliphatic carbocycles. The molecule has 1 aromatic carbocycles. The molecule has 0 amide bonds. The Morgan fingerprint density at radius 2 is 2.07 bits per heavy atom. The summed E-state index contributed by atoms with van der Waals surface area (Å²) in [6, 6.07) is 1.55. The highest BCUT2D eigenvalue weighted by molar-refractivity contribution is 6.33. The summed E-state index contributed by atoms with van der Waals surface area (Å²) in [6.07, 6.45) is 0. The maximum atomic E-state index is 13.2. The molecule has 1 aromatic rings. The van der Waals surface area contributed by atoms with Gasteiger partial charge in [0.25, 0.3) is 0 Å². The summed E-state index contributed by atoms with van der Waals surface area (Å²) in [5, 5.41) is -0.861. The molecule has 82 valence electrons. The molecule has 1 rings (SSSR count). The fourth-order valence-electron chi connectivity index (χ4n) is 1.17. The number of methoxy groups -OCH3 is 1. The van der Waals surface area contributed by atoms with Crippen LogP contribution in [0.3, 0.4) is 0 Å². The van der Waals surface area contributed by atoms with Crippen molar-refractivity contribution >= 4 is 17.4 Å². The topological polar surface area (TPSA) is 26.3 Å². The Labute approximate surface area is 90.8 Å². The zero-order valence-electron chi connectivity index (χ0n) is 8.18. The van der Waals surface area contributed by atoms with Crippen molar-refractivity contribution in [2.45, 2.75) is 12.3 Å². The van der Waals surface area contributed by atoms with E-state index in [0.717, 1.165) is 6.07 Å². The smallest absolute Gasteiger partial charge is 0.184 e. The molecule has 0 saturated heterocycles. The van der Waals surface area contributed by atoms with Gasteiger partial charge in [-0.25, -0.2) is 8.78 Å². The summed E-state index contributed by atoms with van der Waals surface area (Å²) in [5.74, 6) is -2.62. The number of hydrogen-bond acceptors (Lipinski definition) is 2. The van der Waals surface area contributed by atoms with Gasteiger partial charge >= 0.3 is 0 Å². The molecule has 0 radical (unpaired) electrons. The van der Waals surface area contributed by atoms with E-state index in [0.29, 0.717) is 6.07 Å². The molecule has 0 spiro atoms. The van der Waals surface area contributed by atoms with Crippen molar-refractivity contribution in [1.29, 1.82) is 0 Å². The molecule has 0 heterocycles. The Morgan fingerprint density at radius 3 is 2.53 bits per heavy atom. The maximum absolute atomic E-state index is 13.2. The molecule has 5 heteroatoms. The number of rotatable bonds is 3. The Morgan fingerprint density at radius 1 is 1.47 bits per heavy atom. The summed E-state index contributed by atoms with van der Waals surface area (Å²) < 4.78 is 30.7. The van der Waals surface area contributed by atoms with Crippen molar-refractivity contribution in [3.05, 3.63) is 29.3 Å². The molecule has 0 N–H and O–H groups in total. The summed E-state index contributed by atoms with van der Waals surface area (Å²) in [4.78, 5) is 11.5. The highest BCUT2D eigenvalue weighted by Gasteiger charge is 2.21. The lowest BCUT2D eigenvalue weighted by atomic mass is 10.1. The number of hydrogen-bond donors (Lipinski definition) is 0. The molecule has 0 aliphatic heterocycles. The molecule has 15 heavy (non-hydrogen) atoms. The van der Waals surface area contributed by atoms with Gasteiger partial charge in [-0.05, 0) is 13.0 Å². The number of benzene rings is 1. The Bertz CT molecular complexity index is 391. The van der Waals surface area contributed by atoms with E-state index in [2.05, 4.69) is 4.74 Å². The average Bonchev–Trinajstić information content (AvgIpc) is 2.15. The zero-order chi connectivity index (χ0) is 11.6. The zero-order valence-corrected chi connectivity index (χ0v) is 8.94. The number of alkyl halides is 1. The second-order valence-electron chi connectivity index (χ2n) is 2.95.